The molecule has 0 radical (unpaired) electrons. The number of hydrogen-bond donors (Lipinski definition) is 0. The van der Waals surface area contributed by atoms with Gasteiger partial charge >= 0.3 is 125 Å². The molecule has 0 aliphatic rings. The van der Waals surface area contributed by atoms with Gasteiger partial charge in [0.2, 0.25) is 0 Å². The van der Waals surface area contributed by atoms with E-state index >= 15 is 0 Å². The van der Waals surface area contributed by atoms with Gasteiger partial charge < -0.3 is 0 Å². The maximum absolute atomic E-state index is 3.67. The van der Waals surface area contributed by atoms with Crippen LogP contribution in [0.1, 0.15) is 55.4 Å². The summed E-state index contributed by atoms with van der Waals surface area (Å²) in [5.74, 6) is 1.45. The van der Waals surface area contributed by atoms with Crippen molar-refractivity contribution in [2.45, 2.75) is 78.0 Å². The van der Waals surface area contributed by atoms with Gasteiger partial charge in [0.15, 0.2) is 0 Å². The van der Waals surface area contributed by atoms with E-state index in [1.807, 2.05) is 0 Å². The van der Waals surface area contributed by atoms with Crippen LogP contribution in [0.5, 0.6) is 0 Å². The van der Waals surface area contributed by atoms with Gasteiger partial charge in [-0.25, -0.2) is 0 Å². The van der Waals surface area contributed by atoms with Gasteiger partial charge in [0, 0.05) is 0 Å². The second kappa shape index (κ2) is 7.06. The van der Waals surface area contributed by atoms with Crippen LogP contribution in [0.2, 0.25) is 0 Å². The SMILES string of the molecule is CC(C)P(=[Se])(CP(=[Se])(C(C)C)C(C)C)C(C)C. The molecule has 0 bridgehead atoms. The molecule has 0 saturated carbocycles. The van der Waals surface area contributed by atoms with Crippen molar-refractivity contribution in [3.05, 3.63) is 0 Å². The molecule has 0 aliphatic heterocycles. The average molecular weight is 406 g/mol. The van der Waals surface area contributed by atoms with Gasteiger partial charge in [0.05, 0.1) is 0 Å². The van der Waals surface area contributed by atoms with Gasteiger partial charge in [-0.3, -0.25) is 0 Å². The first kappa shape index (κ1) is 18.9. The molecule has 0 saturated heterocycles. The number of rotatable bonds is 6. The Bertz CT molecular complexity index is 274. The summed E-state index contributed by atoms with van der Waals surface area (Å²) < 4.78 is 0. The van der Waals surface area contributed by atoms with Crippen LogP contribution in [0.25, 0.3) is 0 Å². The van der Waals surface area contributed by atoms with Crippen LogP contribution in [-0.4, -0.2) is 58.7 Å². The molecule has 0 aromatic heterocycles. The first-order chi connectivity index (χ1) is 7.48. The summed E-state index contributed by atoms with van der Waals surface area (Å²) in [5.41, 5.74) is 1.35. The monoisotopic (exact) mass is 408 g/mol. The summed E-state index contributed by atoms with van der Waals surface area (Å²) in [6.07, 6.45) is 0. The first-order valence-electron chi connectivity index (χ1n) is 6.65. The Morgan fingerprint density at radius 3 is 0.882 bits per heavy atom. The molecule has 0 atom stereocenters. The van der Waals surface area contributed by atoms with Crippen LogP contribution in [0, 0.1) is 0 Å². The molecule has 0 heterocycles. The minimum absolute atomic E-state index is 0.813. The van der Waals surface area contributed by atoms with E-state index in [0.717, 1.165) is 22.6 Å². The van der Waals surface area contributed by atoms with Gasteiger partial charge in [-0.05, 0) is 0 Å². The van der Waals surface area contributed by atoms with Crippen LogP contribution < -0.4 is 0 Å². The third-order valence-corrected chi connectivity index (χ3v) is 29.4. The van der Waals surface area contributed by atoms with Gasteiger partial charge in [0.1, 0.15) is 0 Å². The fraction of sp³-hybridized carbons (Fsp3) is 1.00. The molecule has 0 aromatic rings. The first-order valence-corrected chi connectivity index (χ1v) is 15.3. The van der Waals surface area contributed by atoms with Crippen molar-refractivity contribution in [2.24, 2.45) is 0 Å². The molecule has 0 aliphatic carbocycles. The molecule has 4 heteroatoms. The van der Waals surface area contributed by atoms with Crippen LogP contribution in [-0.2, 0) is 0 Å². The molecule has 17 heavy (non-hydrogen) atoms. The van der Waals surface area contributed by atoms with Crippen LogP contribution >= 0.6 is 11.0 Å². The van der Waals surface area contributed by atoms with Crippen molar-refractivity contribution >= 4 is 41.2 Å². The van der Waals surface area contributed by atoms with Crippen LogP contribution in [0.4, 0.5) is 0 Å². The summed E-state index contributed by atoms with van der Waals surface area (Å²) in [7, 11) is 0. The topological polar surface area (TPSA) is 0 Å². The van der Waals surface area contributed by atoms with Gasteiger partial charge in [-0.15, -0.1) is 0 Å². The molecule has 0 nitrogen and oxygen atoms in total. The van der Waals surface area contributed by atoms with E-state index in [0.29, 0.717) is 0 Å². The zero-order valence-corrected chi connectivity index (χ0v) is 17.9. The fourth-order valence-electron chi connectivity index (χ4n) is 2.19. The Labute approximate surface area is 125 Å². The zero-order valence-electron chi connectivity index (χ0n) is 12.7. The Morgan fingerprint density at radius 2 is 0.765 bits per heavy atom. The molecule has 0 unspecified atom stereocenters. The molecule has 0 aromatic carbocycles. The third-order valence-electron chi connectivity index (χ3n) is 3.94. The van der Waals surface area contributed by atoms with Crippen molar-refractivity contribution in [3.63, 3.8) is 0 Å². The normalized spacial score (nSPS) is 14.4. The van der Waals surface area contributed by atoms with Crippen molar-refractivity contribution in [2.75, 3.05) is 5.90 Å². The quantitative estimate of drug-likeness (QED) is 0.440. The molecular formula is C13H30P2Se2. The van der Waals surface area contributed by atoms with Crippen molar-refractivity contribution in [1.82, 2.24) is 0 Å². The van der Waals surface area contributed by atoms with Gasteiger partial charge in [-0.1, -0.05) is 0 Å². The van der Waals surface area contributed by atoms with E-state index < -0.39 is 11.0 Å². The molecule has 0 fully saturated rings. The molecule has 0 N–H and O–H groups in total. The molecule has 0 rings (SSSR count). The Hall–Kier alpha value is 1.90. The fourth-order valence-corrected chi connectivity index (χ4v) is 23.1. The Morgan fingerprint density at radius 1 is 0.588 bits per heavy atom. The van der Waals surface area contributed by atoms with E-state index in [9.17, 15) is 0 Å². The third kappa shape index (κ3) is 4.45. The Balaban J connectivity index is 5.39. The van der Waals surface area contributed by atoms with E-state index in [4.69, 9.17) is 0 Å². The average Bonchev–Trinajstić information content (AvgIpc) is 2.15. The van der Waals surface area contributed by atoms with Crippen LogP contribution in [0.15, 0.2) is 0 Å². The summed E-state index contributed by atoms with van der Waals surface area (Å²) in [6, 6.07) is 0. The predicted molar refractivity (Wildman–Crippen MR) is 90.8 cm³/mol. The number of hydrogen-bond acceptors (Lipinski definition) is 0. The second-order valence-electron chi connectivity index (χ2n) is 6.22. The summed E-state index contributed by atoms with van der Waals surface area (Å²) >= 11 is 7.35. The van der Waals surface area contributed by atoms with E-state index in [-0.39, 0.29) is 0 Å². The molecule has 104 valence electrons. The molecule has 0 amide bonds. The summed E-state index contributed by atoms with van der Waals surface area (Å²) in [5, 5.41) is 0. The molecule has 0 spiro atoms. The van der Waals surface area contributed by atoms with Gasteiger partial charge in [-0.2, -0.15) is 0 Å². The van der Waals surface area contributed by atoms with E-state index in [1.54, 1.807) is 0 Å². The summed E-state index contributed by atoms with van der Waals surface area (Å²) in [6.45, 7) is 19.3. The zero-order chi connectivity index (χ0) is 14.0. The molecular weight excluding hydrogens is 376 g/mol. The van der Waals surface area contributed by atoms with Gasteiger partial charge in [0.25, 0.3) is 0 Å². The van der Waals surface area contributed by atoms with E-state index in [1.165, 1.54) is 5.90 Å². The van der Waals surface area contributed by atoms with Crippen molar-refractivity contribution in [3.8, 4) is 0 Å². The second-order valence-corrected chi connectivity index (χ2v) is 23.5. The van der Waals surface area contributed by atoms with E-state index in [2.05, 4.69) is 85.6 Å². The van der Waals surface area contributed by atoms with Crippen molar-refractivity contribution in [1.29, 1.82) is 0 Å². The predicted octanol–water partition coefficient (Wildman–Crippen LogP) is 4.78. The van der Waals surface area contributed by atoms with Crippen molar-refractivity contribution < 1.29 is 0 Å². The maximum atomic E-state index is 3.67. The van der Waals surface area contributed by atoms with Crippen LogP contribution in [0.3, 0.4) is 0 Å². The summed E-state index contributed by atoms with van der Waals surface area (Å²) in [4.78, 5) is 0. The minimum atomic E-state index is -0.949. The Kier molecular flexibility index (Phi) is 7.85. The standard InChI is InChI=1S/C13H30P2Se2/c1-10(2)14(16,11(3)4)9-15(17,12(5)6)13(7)8/h10-13H,9H2,1-8H3.